The van der Waals surface area contributed by atoms with Gasteiger partial charge in [0, 0.05) is 12.6 Å². The molecule has 0 heterocycles. The molecule has 0 amide bonds. The summed E-state index contributed by atoms with van der Waals surface area (Å²) in [5.41, 5.74) is 1.29. The molecule has 0 aliphatic rings. The molecule has 0 fully saturated rings. The fourth-order valence-electron chi connectivity index (χ4n) is 1.86. The highest BCUT2D eigenvalue weighted by molar-refractivity contribution is 5.29. The number of rotatable bonds is 9. The van der Waals surface area contributed by atoms with Crippen LogP contribution in [0, 0.1) is 0 Å². The third-order valence-electron chi connectivity index (χ3n) is 2.97. The van der Waals surface area contributed by atoms with E-state index in [-0.39, 0.29) is 6.10 Å². The van der Waals surface area contributed by atoms with Gasteiger partial charge in [-0.3, -0.25) is 0 Å². The molecule has 0 bridgehead atoms. The number of hydrogen-bond donors (Lipinski definition) is 1. The highest BCUT2D eigenvalue weighted by Gasteiger charge is 2.06. The summed E-state index contributed by atoms with van der Waals surface area (Å²) in [4.78, 5) is 0. The molecule has 0 aliphatic carbocycles. The van der Waals surface area contributed by atoms with Crippen molar-refractivity contribution >= 4 is 0 Å². The first-order valence-electron chi connectivity index (χ1n) is 7.25. The fourth-order valence-corrected chi connectivity index (χ4v) is 1.86. The van der Waals surface area contributed by atoms with Crippen LogP contribution in [0.3, 0.4) is 0 Å². The minimum Gasteiger partial charge on any atom is -0.488 e. The lowest BCUT2D eigenvalue weighted by molar-refractivity contribution is 0.0657. The Morgan fingerprint density at radius 3 is 2.37 bits per heavy atom. The third kappa shape index (κ3) is 6.08. The van der Waals surface area contributed by atoms with Crippen LogP contribution in [-0.2, 0) is 4.74 Å². The maximum atomic E-state index is 5.79. The lowest BCUT2D eigenvalue weighted by Crippen LogP contribution is -2.20. The van der Waals surface area contributed by atoms with Gasteiger partial charge in [0.05, 0.1) is 6.61 Å². The van der Waals surface area contributed by atoms with Gasteiger partial charge >= 0.3 is 0 Å². The first-order chi connectivity index (χ1) is 9.17. The summed E-state index contributed by atoms with van der Waals surface area (Å²) in [6, 6.07) is 8.69. The van der Waals surface area contributed by atoms with E-state index in [0.717, 1.165) is 25.3 Å². The summed E-state index contributed by atoms with van der Waals surface area (Å²) in [6.45, 7) is 10.8. The van der Waals surface area contributed by atoms with Gasteiger partial charge in [0.2, 0.25) is 0 Å². The number of nitrogens with one attached hydrogen (secondary N) is 1. The second-order valence-corrected chi connectivity index (χ2v) is 4.83. The highest BCUT2D eigenvalue weighted by atomic mass is 16.5. The van der Waals surface area contributed by atoms with Crippen molar-refractivity contribution < 1.29 is 9.47 Å². The van der Waals surface area contributed by atoms with Gasteiger partial charge in [0.25, 0.3) is 0 Å². The summed E-state index contributed by atoms with van der Waals surface area (Å²) >= 11 is 0. The van der Waals surface area contributed by atoms with Crippen LogP contribution in [0.5, 0.6) is 5.75 Å². The minimum atomic E-state index is 0.0847. The molecule has 3 nitrogen and oxygen atoms in total. The first kappa shape index (κ1) is 16.0. The van der Waals surface area contributed by atoms with Crippen molar-refractivity contribution in [3.8, 4) is 5.75 Å². The van der Waals surface area contributed by atoms with Crippen LogP contribution in [-0.4, -0.2) is 25.9 Å². The van der Waals surface area contributed by atoms with Crippen molar-refractivity contribution in [2.24, 2.45) is 0 Å². The molecular formula is C16H27NO2. The Morgan fingerprint density at radius 2 is 1.79 bits per heavy atom. The molecule has 0 radical (unpaired) electrons. The Labute approximate surface area is 117 Å². The van der Waals surface area contributed by atoms with Crippen LogP contribution in [0.4, 0.5) is 0 Å². The highest BCUT2D eigenvalue weighted by Crippen LogP contribution is 2.18. The standard InChI is InChI=1S/C16H27NO2/c1-5-11-17-14(4)15-7-9-16(10-8-15)19-13(3)12-18-6-2/h7-10,13-14,17H,5-6,11-12H2,1-4H3. The Balaban J connectivity index is 2.46. The molecule has 1 rings (SSSR count). The molecule has 19 heavy (non-hydrogen) atoms. The molecule has 0 spiro atoms. The topological polar surface area (TPSA) is 30.5 Å². The Kier molecular flexibility index (Phi) is 7.53. The van der Waals surface area contributed by atoms with Crippen molar-refractivity contribution in [2.45, 2.75) is 46.3 Å². The lowest BCUT2D eigenvalue weighted by Gasteiger charge is -2.17. The number of ether oxygens (including phenoxy) is 2. The third-order valence-corrected chi connectivity index (χ3v) is 2.97. The second kappa shape index (κ2) is 8.94. The van der Waals surface area contributed by atoms with Crippen molar-refractivity contribution in [1.29, 1.82) is 0 Å². The molecule has 1 aromatic carbocycles. The Morgan fingerprint density at radius 1 is 1.11 bits per heavy atom. The number of hydrogen-bond acceptors (Lipinski definition) is 3. The smallest absolute Gasteiger partial charge is 0.119 e. The average Bonchev–Trinajstić information content (AvgIpc) is 2.43. The molecule has 108 valence electrons. The zero-order valence-corrected chi connectivity index (χ0v) is 12.6. The summed E-state index contributed by atoms with van der Waals surface area (Å²) < 4.78 is 11.1. The molecule has 1 N–H and O–H groups in total. The summed E-state index contributed by atoms with van der Waals surface area (Å²) in [7, 11) is 0. The maximum Gasteiger partial charge on any atom is 0.119 e. The predicted molar refractivity (Wildman–Crippen MR) is 79.7 cm³/mol. The predicted octanol–water partition coefficient (Wildman–Crippen LogP) is 3.55. The van der Waals surface area contributed by atoms with E-state index in [0.29, 0.717) is 12.6 Å². The SMILES string of the molecule is CCCNC(C)c1ccc(OC(C)COCC)cc1. The van der Waals surface area contributed by atoms with Crippen LogP contribution in [0.1, 0.15) is 45.7 Å². The van der Waals surface area contributed by atoms with E-state index in [2.05, 4.69) is 31.3 Å². The fraction of sp³-hybridized carbons (Fsp3) is 0.625. The van der Waals surface area contributed by atoms with Crippen molar-refractivity contribution in [3.05, 3.63) is 29.8 Å². The minimum absolute atomic E-state index is 0.0847. The van der Waals surface area contributed by atoms with Crippen LogP contribution in [0.2, 0.25) is 0 Å². The van der Waals surface area contributed by atoms with E-state index in [1.54, 1.807) is 0 Å². The number of benzene rings is 1. The van der Waals surface area contributed by atoms with Gasteiger partial charge < -0.3 is 14.8 Å². The lowest BCUT2D eigenvalue weighted by atomic mass is 10.1. The van der Waals surface area contributed by atoms with Crippen LogP contribution in [0.25, 0.3) is 0 Å². The van der Waals surface area contributed by atoms with Gasteiger partial charge in [-0.1, -0.05) is 19.1 Å². The van der Waals surface area contributed by atoms with Gasteiger partial charge in [-0.05, 0) is 51.4 Å². The molecule has 0 aromatic heterocycles. The summed E-state index contributed by atoms with van der Waals surface area (Å²) in [5, 5.41) is 3.48. The average molecular weight is 265 g/mol. The van der Waals surface area contributed by atoms with Crippen LogP contribution >= 0.6 is 0 Å². The molecule has 0 saturated carbocycles. The van der Waals surface area contributed by atoms with Gasteiger partial charge in [0.15, 0.2) is 0 Å². The monoisotopic (exact) mass is 265 g/mol. The van der Waals surface area contributed by atoms with Crippen LogP contribution < -0.4 is 10.1 Å². The summed E-state index contributed by atoms with van der Waals surface area (Å²) in [6.07, 6.45) is 1.24. The largest absolute Gasteiger partial charge is 0.488 e. The van der Waals surface area contributed by atoms with Gasteiger partial charge in [0.1, 0.15) is 11.9 Å². The van der Waals surface area contributed by atoms with E-state index in [1.165, 1.54) is 5.56 Å². The maximum absolute atomic E-state index is 5.79. The molecule has 0 aliphatic heterocycles. The van der Waals surface area contributed by atoms with E-state index >= 15 is 0 Å². The zero-order valence-electron chi connectivity index (χ0n) is 12.6. The molecule has 3 heteroatoms. The first-order valence-corrected chi connectivity index (χ1v) is 7.25. The molecule has 2 unspecified atom stereocenters. The van der Waals surface area contributed by atoms with Gasteiger partial charge in [-0.15, -0.1) is 0 Å². The second-order valence-electron chi connectivity index (χ2n) is 4.83. The van der Waals surface area contributed by atoms with Crippen molar-refractivity contribution in [2.75, 3.05) is 19.8 Å². The van der Waals surface area contributed by atoms with E-state index < -0.39 is 0 Å². The molecule has 0 saturated heterocycles. The van der Waals surface area contributed by atoms with Crippen molar-refractivity contribution in [1.82, 2.24) is 5.32 Å². The molecule has 2 atom stereocenters. The molecular weight excluding hydrogens is 238 g/mol. The quantitative estimate of drug-likeness (QED) is 0.740. The zero-order chi connectivity index (χ0) is 14.1. The molecule has 1 aromatic rings. The van der Waals surface area contributed by atoms with Crippen molar-refractivity contribution in [3.63, 3.8) is 0 Å². The van der Waals surface area contributed by atoms with Gasteiger partial charge in [-0.25, -0.2) is 0 Å². The Bertz CT molecular complexity index is 337. The van der Waals surface area contributed by atoms with E-state index in [4.69, 9.17) is 9.47 Å². The van der Waals surface area contributed by atoms with E-state index in [9.17, 15) is 0 Å². The normalized spacial score (nSPS) is 14.1. The Hall–Kier alpha value is -1.06. The van der Waals surface area contributed by atoms with Gasteiger partial charge in [-0.2, -0.15) is 0 Å². The summed E-state index contributed by atoms with van der Waals surface area (Å²) in [5.74, 6) is 0.902. The van der Waals surface area contributed by atoms with Crippen LogP contribution in [0.15, 0.2) is 24.3 Å². The van der Waals surface area contributed by atoms with E-state index in [1.807, 2.05) is 26.0 Å².